The van der Waals surface area contributed by atoms with Crippen LogP contribution in [0.2, 0.25) is 0 Å². The van der Waals surface area contributed by atoms with E-state index in [1.54, 1.807) is 6.07 Å². The van der Waals surface area contributed by atoms with Crippen LogP contribution in [0.4, 0.5) is 13.2 Å². The summed E-state index contributed by atoms with van der Waals surface area (Å²) in [6.07, 6.45) is -0.134. The summed E-state index contributed by atoms with van der Waals surface area (Å²) in [5, 5.41) is 0. The van der Waals surface area contributed by atoms with Crippen molar-refractivity contribution in [3.05, 3.63) is 65.5 Å². The number of carbonyl (C=O) groups is 1. The van der Waals surface area contributed by atoms with Crippen LogP contribution in [0, 0.1) is 17.5 Å². The third-order valence-corrected chi connectivity index (χ3v) is 2.58. The van der Waals surface area contributed by atoms with Crippen LogP contribution in [0.3, 0.4) is 0 Å². The molecule has 0 bridgehead atoms. The molecule has 0 unspecified atom stereocenters. The summed E-state index contributed by atoms with van der Waals surface area (Å²) in [5.74, 6) is -2.52. The van der Waals surface area contributed by atoms with Crippen LogP contribution in [-0.2, 0) is 11.2 Å². The molecule has 2 nitrogen and oxygen atoms in total. The zero-order valence-electron chi connectivity index (χ0n) is 10.4. The lowest BCUT2D eigenvalue weighted by Gasteiger charge is -2.06. The Morgan fingerprint density at radius 2 is 1.65 bits per heavy atom. The van der Waals surface area contributed by atoms with Crippen molar-refractivity contribution >= 4 is 5.78 Å². The van der Waals surface area contributed by atoms with Crippen molar-refractivity contribution in [1.29, 1.82) is 0 Å². The molecule has 0 fully saturated rings. The lowest BCUT2D eigenvalue weighted by atomic mass is 10.1. The number of hydrogen-bond donors (Lipinski definition) is 0. The van der Waals surface area contributed by atoms with Gasteiger partial charge in [-0.2, -0.15) is 0 Å². The summed E-state index contributed by atoms with van der Waals surface area (Å²) in [6, 6.07) is 8.54. The molecule has 2 rings (SSSR count). The lowest BCUT2D eigenvalue weighted by molar-refractivity contribution is -0.120. The molecule has 0 spiro atoms. The summed E-state index contributed by atoms with van der Waals surface area (Å²) >= 11 is 0. The minimum atomic E-state index is -0.790. The van der Waals surface area contributed by atoms with Crippen molar-refractivity contribution in [2.45, 2.75) is 6.42 Å². The minimum Gasteiger partial charge on any atom is -0.486 e. The molecule has 0 saturated carbocycles. The van der Waals surface area contributed by atoms with Crippen molar-refractivity contribution < 1.29 is 22.7 Å². The second-order valence-electron chi connectivity index (χ2n) is 4.20. The molecule has 0 N–H and O–H groups in total. The van der Waals surface area contributed by atoms with Gasteiger partial charge >= 0.3 is 0 Å². The fraction of sp³-hybridized carbons (Fsp3) is 0.133. The predicted octanol–water partition coefficient (Wildman–Crippen LogP) is 3.29. The summed E-state index contributed by atoms with van der Waals surface area (Å²) in [6.45, 7) is -0.378. The highest BCUT2D eigenvalue weighted by molar-refractivity contribution is 5.82. The molecule has 0 aliphatic carbocycles. The summed E-state index contributed by atoms with van der Waals surface area (Å²) in [4.78, 5) is 11.6. The molecule has 0 atom stereocenters. The Bertz CT molecular complexity index is 606. The van der Waals surface area contributed by atoms with Gasteiger partial charge < -0.3 is 4.74 Å². The molecular weight excluding hydrogens is 269 g/mol. The number of benzene rings is 2. The van der Waals surface area contributed by atoms with E-state index in [4.69, 9.17) is 4.74 Å². The van der Waals surface area contributed by atoms with Crippen molar-refractivity contribution in [1.82, 2.24) is 0 Å². The number of Topliss-reactive ketones (excluding diaryl/α,β-unsaturated/α-hetero) is 1. The quantitative estimate of drug-likeness (QED) is 0.840. The fourth-order valence-corrected chi connectivity index (χ4v) is 1.68. The molecule has 0 radical (unpaired) electrons. The maximum atomic E-state index is 13.3. The molecule has 2 aromatic rings. The van der Waals surface area contributed by atoms with Gasteiger partial charge in [0, 0.05) is 24.6 Å². The Labute approximate surface area is 113 Å². The number of hydrogen-bond acceptors (Lipinski definition) is 2. The van der Waals surface area contributed by atoms with Gasteiger partial charge in [-0.15, -0.1) is 0 Å². The van der Waals surface area contributed by atoms with Gasteiger partial charge in [0.2, 0.25) is 0 Å². The van der Waals surface area contributed by atoms with Crippen molar-refractivity contribution in [2.75, 3.05) is 6.61 Å². The van der Waals surface area contributed by atoms with Gasteiger partial charge in [0.25, 0.3) is 0 Å². The molecule has 0 aliphatic heterocycles. The molecular formula is C15H11F3O2. The summed E-state index contributed by atoms with van der Waals surface area (Å²) in [7, 11) is 0. The number of ether oxygens (including phenoxy) is 1. The first-order chi connectivity index (χ1) is 9.54. The third-order valence-electron chi connectivity index (χ3n) is 2.58. The first kappa shape index (κ1) is 14.1. The zero-order chi connectivity index (χ0) is 14.5. The molecule has 0 heterocycles. The average molecular weight is 280 g/mol. The van der Waals surface area contributed by atoms with Crippen LogP contribution in [0.1, 0.15) is 5.56 Å². The maximum absolute atomic E-state index is 13.3. The zero-order valence-corrected chi connectivity index (χ0v) is 10.4. The van der Waals surface area contributed by atoms with Crippen LogP contribution in [-0.4, -0.2) is 12.4 Å². The highest BCUT2D eigenvalue weighted by Crippen LogP contribution is 2.15. The van der Waals surface area contributed by atoms with E-state index in [-0.39, 0.29) is 30.1 Å². The van der Waals surface area contributed by atoms with Gasteiger partial charge in [-0.25, -0.2) is 13.2 Å². The number of halogens is 3. The van der Waals surface area contributed by atoms with E-state index in [1.165, 1.54) is 18.2 Å². The van der Waals surface area contributed by atoms with Gasteiger partial charge in [0.1, 0.15) is 29.8 Å². The molecule has 0 amide bonds. The normalized spacial score (nSPS) is 10.3. The van der Waals surface area contributed by atoms with Crippen LogP contribution >= 0.6 is 0 Å². The standard InChI is InChI=1S/C15H11F3O2/c16-11-6-12(17)8-14(7-11)20-9-13(19)5-10-3-1-2-4-15(10)18/h1-4,6-8H,5,9H2. The predicted molar refractivity (Wildman–Crippen MR) is 67.0 cm³/mol. The number of rotatable bonds is 5. The van der Waals surface area contributed by atoms with Crippen LogP contribution in [0.25, 0.3) is 0 Å². The van der Waals surface area contributed by atoms with Crippen molar-refractivity contribution in [2.24, 2.45) is 0 Å². The van der Waals surface area contributed by atoms with Crippen LogP contribution in [0.15, 0.2) is 42.5 Å². The van der Waals surface area contributed by atoms with E-state index in [9.17, 15) is 18.0 Å². The van der Waals surface area contributed by atoms with Gasteiger partial charge in [-0.05, 0) is 11.6 Å². The van der Waals surface area contributed by atoms with Crippen molar-refractivity contribution in [3.8, 4) is 5.75 Å². The topological polar surface area (TPSA) is 26.3 Å². The van der Waals surface area contributed by atoms with Gasteiger partial charge in [-0.1, -0.05) is 18.2 Å². The minimum absolute atomic E-state index is 0.0793. The molecule has 5 heteroatoms. The average Bonchev–Trinajstić information content (AvgIpc) is 2.38. The van der Waals surface area contributed by atoms with E-state index in [0.717, 1.165) is 12.1 Å². The Kier molecular flexibility index (Phi) is 4.40. The Balaban J connectivity index is 1.94. The Morgan fingerprint density at radius 1 is 1.00 bits per heavy atom. The highest BCUT2D eigenvalue weighted by atomic mass is 19.1. The van der Waals surface area contributed by atoms with E-state index in [0.29, 0.717) is 6.07 Å². The Hall–Kier alpha value is -2.30. The van der Waals surface area contributed by atoms with Crippen LogP contribution < -0.4 is 4.74 Å². The largest absolute Gasteiger partial charge is 0.486 e. The monoisotopic (exact) mass is 280 g/mol. The third kappa shape index (κ3) is 3.85. The van der Waals surface area contributed by atoms with Gasteiger partial charge in [-0.3, -0.25) is 4.79 Å². The second kappa shape index (κ2) is 6.23. The van der Waals surface area contributed by atoms with Crippen LogP contribution in [0.5, 0.6) is 5.75 Å². The molecule has 0 saturated heterocycles. The molecule has 0 aromatic heterocycles. The van der Waals surface area contributed by atoms with E-state index in [2.05, 4.69) is 0 Å². The second-order valence-corrected chi connectivity index (χ2v) is 4.20. The lowest BCUT2D eigenvalue weighted by Crippen LogP contribution is -2.14. The van der Waals surface area contributed by atoms with Gasteiger partial charge in [0.15, 0.2) is 5.78 Å². The summed E-state index contributed by atoms with van der Waals surface area (Å²) < 4.78 is 44.1. The molecule has 104 valence electrons. The van der Waals surface area contributed by atoms with E-state index in [1.807, 2.05) is 0 Å². The van der Waals surface area contributed by atoms with E-state index < -0.39 is 17.5 Å². The number of carbonyl (C=O) groups excluding carboxylic acids is 1. The van der Waals surface area contributed by atoms with E-state index >= 15 is 0 Å². The SMILES string of the molecule is O=C(COc1cc(F)cc(F)c1)Cc1ccccc1F. The van der Waals surface area contributed by atoms with Crippen molar-refractivity contribution in [3.63, 3.8) is 0 Å². The first-order valence-electron chi connectivity index (χ1n) is 5.88. The molecule has 20 heavy (non-hydrogen) atoms. The Morgan fingerprint density at radius 3 is 2.30 bits per heavy atom. The number of ketones is 1. The van der Waals surface area contributed by atoms with Gasteiger partial charge in [0.05, 0.1) is 0 Å². The molecule has 0 aliphatic rings. The maximum Gasteiger partial charge on any atom is 0.174 e. The fourth-order valence-electron chi connectivity index (χ4n) is 1.68. The highest BCUT2D eigenvalue weighted by Gasteiger charge is 2.09. The molecule has 2 aromatic carbocycles. The first-order valence-corrected chi connectivity index (χ1v) is 5.88. The summed E-state index contributed by atoms with van der Waals surface area (Å²) in [5.41, 5.74) is 0.256. The smallest absolute Gasteiger partial charge is 0.174 e.